The second-order valence-electron chi connectivity index (χ2n) is 3.93. The van der Waals surface area contributed by atoms with Crippen molar-refractivity contribution in [2.75, 3.05) is 18.0 Å². The summed E-state index contributed by atoms with van der Waals surface area (Å²) < 4.78 is 31.8. The van der Waals surface area contributed by atoms with Gasteiger partial charge in [-0.3, -0.25) is 4.55 Å². The van der Waals surface area contributed by atoms with E-state index in [9.17, 15) is 13.0 Å². The Morgan fingerprint density at radius 1 is 1.12 bits per heavy atom. The van der Waals surface area contributed by atoms with Gasteiger partial charge in [0.1, 0.15) is 4.90 Å². The van der Waals surface area contributed by atoms with Gasteiger partial charge in [0.15, 0.2) is 0 Å². The Morgan fingerprint density at radius 3 is 2.12 bits per heavy atom. The number of hydrogen-bond acceptors (Lipinski definition) is 3. The molecule has 17 heavy (non-hydrogen) atoms. The van der Waals surface area contributed by atoms with Gasteiger partial charge in [0.25, 0.3) is 10.1 Å². The molecule has 0 radical (unpaired) electrons. The van der Waals surface area contributed by atoms with Crippen molar-refractivity contribution >= 4 is 15.8 Å². The molecule has 1 rings (SSSR count). The predicted octanol–water partition coefficient (Wildman–Crippen LogP) is 2.56. The fraction of sp³-hybridized carbons (Fsp3) is 0.500. The minimum atomic E-state index is -4.16. The fourth-order valence-electron chi connectivity index (χ4n) is 1.83. The predicted molar refractivity (Wildman–Crippen MR) is 69.1 cm³/mol. The summed E-state index contributed by atoms with van der Waals surface area (Å²) in [6.07, 6.45) is 1.86. The Kier molecular flexibility index (Phi) is 4.96. The molecule has 0 amide bonds. The normalized spacial score (nSPS) is 11.5. The third kappa shape index (κ3) is 3.71. The summed E-state index contributed by atoms with van der Waals surface area (Å²) in [6, 6.07) is 6.56. The van der Waals surface area contributed by atoms with Gasteiger partial charge in [-0.1, -0.05) is 26.0 Å². The standard InChI is InChI=1S/C12H19NO3S/c1-3-9-13(10-4-2)11-7-5-6-8-12(11)17(14,15)16/h5-8H,3-4,9-10H2,1-2H3,(H,14,15,16). The van der Waals surface area contributed by atoms with Gasteiger partial charge >= 0.3 is 0 Å². The summed E-state index contributed by atoms with van der Waals surface area (Å²) >= 11 is 0. The van der Waals surface area contributed by atoms with Gasteiger partial charge in [-0.2, -0.15) is 8.42 Å². The smallest absolute Gasteiger partial charge is 0.296 e. The summed E-state index contributed by atoms with van der Waals surface area (Å²) in [5.41, 5.74) is 0.582. The Morgan fingerprint density at radius 2 is 1.65 bits per heavy atom. The molecule has 0 spiro atoms. The summed E-state index contributed by atoms with van der Waals surface area (Å²) in [5.74, 6) is 0. The maximum Gasteiger partial charge on any atom is 0.296 e. The van der Waals surface area contributed by atoms with Crippen molar-refractivity contribution in [3.8, 4) is 0 Å². The third-order valence-corrected chi connectivity index (χ3v) is 3.37. The highest BCUT2D eigenvalue weighted by Crippen LogP contribution is 2.25. The monoisotopic (exact) mass is 257 g/mol. The van der Waals surface area contributed by atoms with Crippen LogP contribution in [0.1, 0.15) is 26.7 Å². The average Bonchev–Trinajstić information content (AvgIpc) is 2.28. The van der Waals surface area contributed by atoms with Crippen LogP contribution in [0, 0.1) is 0 Å². The summed E-state index contributed by atoms with van der Waals surface area (Å²) in [4.78, 5) is 1.98. The third-order valence-electron chi connectivity index (χ3n) is 2.47. The van der Waals surface area contributed by atoms with E-state index in [1.165, 1.54) is 6.07 Å². The molecular formula is C12H19NO3S. The first-order valence-electron chi connectivity index (χ1n) is 5.82. The molecule has 5 heteroatoms. The molecule has 96 valence electrons. The molecule has 0 fully saturated rings. The maximum absolute atomic E-state index is 11.3. The van der Waals surface area contributed by atoms with Crippen LogP contribution < -0.4 is 4.90 Å². The highest BCUT2D eigenvalue weighted by Gasteiger charge is 2.18. The Bertz CT molecular complexity index is 451. The van der Waals surface area contributed by atoms with Crippen LogP contribution in [0.4, 0.5) is 5.69 Å². The lowest BCUT2D eigenvalue weighted by atomic mass is 10.2. The summed E-state index contributed by atoms with van der Waals surface area (Å²) in [7, 11) is -4.16. The lowest BCUT2D eigenvalue weighted by Gasteiger charge is -2.25. The van der Waals surface area contributed by atoms with Crippen LogP contribution in [0.15, 0.2) is 29.2 Å². The minimum absolute atomic E-state index is 0.0121. The van der Waals surface area contributed by atoms with Gasteiger partial charge in [0, 0.05) is 13.1 Å². The number of anilines is 1. The van der Waals surface area contributed by atoms with Crippen molar-refractivity contribution < 1.29 is 13.0 Å². The zero-order valence-corrected chi connectivity index (χ0v) is 11.1. The number of rotatable bonds is 6. The van der Waals surface area contributed by atoms with E-state index in [1.54, 1.807) is 18.2 Å². The maximum atomic E-state index is 11.3. The van der Waals surface area contributed by atoms with E-state index < -0.39 is 10.1 Å². The number of para-hydroxylation sites is 1. The number of nitrogens with zero attached hydrogens (tertiary/aromatic N) is 1. The molecule has 1 aromatic carbocycles. The zero-order valence-electron chi connectivity index (χ0n) is 10.3. The second kappa shape index (κ2) is 6.02. The van der Waals surface area contributed by atoms with E-state index in [0.717, 1.165) is 25.9 Å². The molecule has 0 heterocycles. The molecule has 0 aliphatic carbocycles. The van der Waals surface area contributed by atoms with Gasteiger partial charge < -0.3 is 4.90 Å². The second-order valence-corrected chi connectivity index (χ2v) is 5.32. The van der Waals surface area contributed by atoms with Crippen LogP contribution >= 0.6 is 0 Å². The van der Waals surface area contributed by atoms with Gasteiger partial charge in [0.05, 0.1) is 5.69 Å². The Labute approximate surface area is 103 Å². The van der Waals surface area contributed by atoms with Crippen molar-refractivity contribution in [2.45, 2.75) is 31.6 Å². The molecule has 0 bridgehead atoms. The minimum Gasteiger partial charge on any atom is -0.370 e. The van der Waals surface area contributed by atoms with Crippen molar-refractivity contribution in [3.63, 3.8) is 0 Å². The summed E-state index contributed by atoms with van der Waals surface area (Å²) in [6.45, 7) is 5.64. The molecular weight excluding hydrogens is 238 g/mol. The lowest BCUT2D eigenvalue weighted by Crippen LogP contribution is -2.26. The molecule has 0 unspecified atom stereocenters. The van der Waals surface area contributed by atoms with E-state index in [1.807, 2.05) is 18.7 Å². The van der Waals surface area contributed by atoms with E-state index in [-0.39, 0.29) is 4.90 Å². The van der Waals surface area contributed by atoms with Crippen molar-refractivity contribution in [1.82, 2.24) is 0 Å². The van der Waals surface area contributed by atoms with Crippen molar-refractivity contribution in [1.29, 1.82) is 0 Å². The number of hydrogen-bond donors (Lipinski definition) is 1. The highest BCUT2D eigenvalue weighted by molar-refractivity contribution is 7.86. The number of benzene rings is 1. The van der Waals surface area contributed by atoms with Crippen molar-refractivity contribution in [2.24, 2.45) is 0 Å². The van der Waals surface area contributed by atoms with E-state index >= 15 is 0 Å². The zero-order chi connectivity index (χ0) is 12.9. The van der Waals surface area contributed by atoms with E-state index in [0.29, 0.717) is 5.69 Å². The van der Waals surface area contributed by atoms with Crippen LogP contribution in [0.3, 0.4) is 0 Å². The molecule has 0 saturated carbocycles. The van der Waals surface area contributed by atoms with Crippen LogP contribution in [0.2, 0.25) is 0 Å². The molecule has 0 aliphatic heterocycles. The highest BCUT2D eigenvalue weighted by atomic mass is 32.2. The quantitative estimate of drug-likeness (QED) is 0.796. The summed E-state index contributed by atoms with van der Waals surface area (Å²) in [5, 5.41) is 0. The van der Waals surface area contributed by atoms with E-state index in [4.69, 9.17) is 0 Å². The van der Waals surface area contributed by atoms with Crippen LogP contribution in [-0.2, 0) is 10.1 Å². The topological polar surface area (TPSA) is 57.6 Å². The van der Waals surface area contributed by atoms with Crippen molar-refractivity contribution in [3.05, 3.63) is 24.3 Å². The Balaban J connectivity index is 3.18. The van der Waals surface area contributed by atoms with Gasteiger partial charge in [-0.25, -0.2) is 0 Å². The van der Waals surface area contributed by atoms with Crippen LogP contribution in [0.25, 0.3) is 0 Å². The molecule has 1 N–H and O–H groups in total. The van der Waals surface area contributed by atoms with Gasteiger partial charge in [0.2, 0.25) is 0 Å². The fourth-order valence-corrected chi connectivity index (χ4v) is 2.54. The molecule has 0 aliphatic rings. The van der Waals surface area contributed by atoms with Gasteiger partial charge in [-0.15, -0.1) is 0 Å². The molecule has 0 aromatic heterocycles. The first-order valence-corrected chi connectivity index (χ1v) is 7.26. The molecule has 0 atom stereocenters. The molecule has 4 nitrogen and oxygen atoms in total. The molecule has 1 aromatic rings. The van der Waals surface area contributed by atoms with Crippen LogP contribution in [-0.4, -0.2) is 26.1 Å². The van der Waals surface area contributed by atoms with E-state index in [2.05, 4.69) is 0 Å². The molecule has 0 saturated heterocycles. The average molecular weight is 257 g/mol. The van der Waals surface area contributed by atoms with Crippen LogP contribution in [0.5, 0.6) is 0 Å². The first-order chi connectivity index (χ1) is 8.00. The SMILES string of the molecule is CCCN(CCC)c1ccccc1S(=O)(=O)O. The largest absolute Gasteiger partial charge is 0.370 e. The first kappa shape index (κ1) is 14.0. The van der Waals surface area contributed by atoms with Gasteiger partial charge in [-0.05, 0) is 25.0 Å². The lowest BCUT2D eigenvalue weighted by molar-refractivity contribution is 0.483. The Hall–Kier alpha value is -1.07.